The van der Waals surface area contributed by atoms with Gasteiger partial charge in [0.1, 0.15) is 0 Å². The summed E-state index contributed by atoms with van der Waals surface area (Å²) in [4.78, 5) is 79.4. The monoisotopic (exact) mass is 700 g/mol. The lowest BCUT2D eigenvalue weighted by atomic mass is 9.77. The fraction of sp³-hybridized carbons (Fsp3) is 0.812. The number of nitrogens with zero attached hydrogens (tertiary/aromatic N) is 2. The number of thioether (sulfide) groups is 1. The minimum Gasteiger partial charge on any atom is -0.427 e. The number of likely N-dealkylation sites (tertiary alicyclic amines) is 1. The minimum atomic E-state index is -2.16. The third kappa shape index (κ3) is 8.51. The molecule has 2 fully saturated rings. The van der Waals surface area contributed by atoms with Crippen LogP contribution in [0, 0.1) is 17.3 Å². The van der Waals surface area contributed by atoms with Gasteiger partial charge in [-0.2, -0.15) is 0 Å². The van der Waals surface area contributed by atoms with E-state index >= 15 is 0 Å². The average Bonchev–Trinajstić information content (AvgIpc) is 3.38. The van der Waals surface area contributed by atoms with Crippen molar-refractivity contribution in [2.45, 2.75) is 136 Å². The molecule has 0 bridgehead atoms. The van der Waals surface area contributed by atoms with Gasteiger partial charge in [0.2, 0.25) is 18.6 Å². The molecule has 0 saturated carbocycles. The summed E-state index contributed by atoms with van der Waals surface area (Å²) in [7, 11) is -4.12. The normalized spacial score (nSPS) is 21.9. The second-order valence-electron chi connectivity index (χ2n) is 13.7. The second kappa shape index (κ2) is 16.4. The Morgan fingerprint density at radius 3 is 1.91 bits per heavy atom. The molecule has 0 radical (unpaired) electrons. The van der Waals surface area contributed by atoms with Crippen molar-refractivity contribution in [1.29, 1.82) is 0 Å². The summed E-state index contributed by atoms with van der Waals surface area (Å²) in [5.41, 5.74) is -0.839. The number of β-lactam (4-membered cyclic amide) rings is 1. The predicted octanol–water partition coefficient (Wildman–Crippen LogP) is 5.34. The third-order valence-electron chi connectivity index (χ3n) is 10.3. The molecule has 2 heterocycles. The van der Waals surface area contributed by atoms with E-state index in [0.717, 1.165) is 52.9 Å². The highest BCUT2D eigenvalue weighted by atomic mass is 32.2. The first kappa shape index (κ1) is 40.1. The van der Waals surface area contributed by atoms with E-state index < -0.39 is 76.5 Å². The van der Waals surface area contributed by atoms with Crippen molar-refractivity contribution < 1.29 is 42.7 Å². The van der Waals surface area contributed by atoms with Gasteiger partial charge in [-0.25, -0.2) is 4.79 Å². The van der Waals surface area contributed by atoms with Crippen molar-refractivity contribution >= 4 is 63.1 Å². The van der Waals surface area contributed by atoms with Gasteiger partial charge in [0, 0.05) is 24.1 Å². The van der Waals surface area contributed by atoms with Gasteiger partial charge in [-0.05, 0) is 64.0 Å². The maximum atomic E-state index is 13.8. The molecule has 14 heteroatoms. The number of ether oxygens (including phenoxy) is 2. The predicted molar refractivity (Wildman–Crippen MR) is 182 cm³/mol. The van der Waals surface area contributed by atoms with Crippen LogP contribution in [0.3, 0.4) is 0 Å². The van der Waals surface area contributed by atoms with E-state index in [-0.39, 0.29) is 22.7 Å². The molecule has 2 saturated heterocycles. The van der Waals surface area contributed by atoms with Gasteiger partial charge in [-0.1, -0.05) is 60.2 Å². The molecule has 2 aliphatic rings. The van der Waals surface area contributed by atoms with Gasteiger partial charge >= 0.3 is 17.8 Å². The molecule has 5 atom stereocenters. The van der Waals surface area contributed by atoms with Gasteiger partial charge in [-0.3, -0.25) is 28.9 Å². The number of esters is 2. The highest BCUT2D eigenvalue weighted by Gasteiger charge is 2.59. The van der Waals surface area contributed by atoms with E-state index in [4.69, 9.17) is 13.9 Å². The fourth-order valence-electron chi connectivity index (χ4n) is 6.71. The Labute approximate surface area is 281 Å². The van der Waals surface area contributed by atoms with Crippen LogP contribution in [-0.2, 0) is 42.7 Å². The fourth-order valence-corrected chi connectivity index (χ4v) is 14.8. The summed E-state index contributed by atoms with van der Waals surface area (Å²) < 4.78 is 18.5. The number of carbonyl (C=O) groups excluding carboxylic acids is 6. The van der Waals surface area contributed by atoms with Crippen molar-refractivity contribution in [1.82, 2.24) is 9.47 Å². The zero-order valence-electron chi connectivity index (χ0n) is 29.7. The van der Waals surface area contributed by atoms with Crippen molar-refractivity contribution in [3.63, 3.8) is 0 Å². The Kier molecular flexibility index (Phi) is 14.3. The van der Waals surface area contributed by atoms with E-state index in [1.165, 1.54) is 0 Å². The molecule has 0 N–H and O–H groups in total. The van der Waals surface area contributed by atoms with E-state index in [1.807, 2.05) is 0 Å². The van der Waals surface area contributed by atoms with Crippen LogP contribution in [0.1, 0.15) is 82.6 Å². The Hall–Kier alpha value is -2.04. The van der Waals surface area contributed by atoms with E-state index in [0.29, 0.717) is 6.54 Å². The third-order valence-corrected chi connectivity index (χ3v) is 21.8. The van der Waals surface area contributed by atoms with Crippen LogP contribution in [0.5, 0.6) is 0 Å². The first-order valence-electron chi connectivity index (χ1n) is 16.8. The minimum absolute atomic E-state index is 0.0839. The summed E-state index contributed by atoms with van der Waals surface area (Å²) in [5, 5.41) is -0.477. The zero-order chi connectivity index (χ0) is 35.2. The van der Waals surface area contributed by atoms with Crippen LogP contribution in [0.25, 0.3) is 0 Å². The SMILES string of the molecule is CC[Si](CC)(CC)O[C@H](C)[C@H]1C(=O)N(C(=O)C(=O)OCOC(=O)C(C)(C)C)[C@@H]1[C@@H](C)C(=O)S[C@@H]1CC(=O)N([Si](CC)(CC)CC)C1. The van der Waals surface area contributed by atoms with Crippen LogP contribution < -0.4 is 0 Å². The van der Waals surface area contributed by atoms with Crippen molar-refractivity contribution in [3.05, 3.63) is 0 Å². The summed E-state index contributed by atoms with van der Waals surface area (Å²) in [6.07, 6.45) is -0.310. The molecule has 0 aromatic carbocycles. The summed E-state index contributed by atoms with van der Waals surface area (Å²) in [5.74, 6) is -5.35. The van der Waals surface area contributed by atoms with E-state index in [1.54, 1.807) is 34.6 Å². The smallest absolute Gasteiger partial charge is 0.400 e. The number of hydrogen-bond donors (Lipinski definition) is 0. The van der Waals surface area contributed by atoms with Crippen LogP contribution >= 0.6 is 11.8 Å². The van der Waals surface area contributed by atoms with Crippen molar-refractivity contribution in [2.75, 3.05) is 13.3 Å². The quantitative estimate of drug-likeness (QED) is 0.0724. The zero-order valence-corrected chi connectivity index (χ0v) is 32.5. The number of rotatable bonds is 15. The Morgan fingerprint density at radius 1 is 0.891 bits per heavy atom. The molecule has 0 unspecified atom stereocenters. The van der Waals surface area contributed by atoms with Crippen molar-refractivity contribution in [2.24, 2.45) is 17.3 Å². The first-order valence-corrected chi connectivity index (χ1v) is 22.8. The Balaban J connectivity index is 2.29. The number of amides is 3. The molecule has 11 nitrogen and oxygen atoms in total. The summed E-state index contributed by atoms with van der Waals surface area (Å²) in [6, 6.07) is 4.50. The number of hydrogen-bond acceptors (Lipinski definition) is 10. The molecule has 0 aromatic heterocycles. The molecule has 0 aliphatic carbocycles. The molecular weight excluding hydrogens is 645 g/mol. The van der Waals surface area contributed by atoms with Gasteiger partial charge in [0.15, 0.2) is 21.7 Å². The lowest BCUT2D eigenvalue weighted by Gasteiger charge is -2.50. The van der Waals surface area contributed by atoms with Gasteiger partial charge in [0.25, 0.3) is 0 Å². The van der Waals surface area contributed by atoms with E-state index in [9.17, 15) is 28.8 Å². The van der Waals surface area contributed by atoms with Gasteiger partial charge in [0.05, 0.1) is 23.5 Å². The van der Waals surface area contributed by atoms with E-state index in [2.05, 4.69) is 46.1 Å². The Bertz CT molecular complexity index is 1140. The molecule has 0 spiro atoms. The highest BCUT2D eigenvalue weighted by molar-refractivity contribution is 8.14. The molecule has 2 rings (SSSR count). The first-order chi connectivity index (χ1) is 21.4. The van der Waals surface area contributed by atoms with Crippen molar-refractivity contribution in [3.8, 4) is 0 Å². The van der Waals surface area contributed by atoms with Crippen LogP contribution in [0.4, 0.5) is 0 Å². The topological polar surface area (TPSA) is 137 Å². The average molecular weight is 701 g/mol. The lowest BCUT2D eigenvalue weighted by Crippen LogP contribution is -2.70. The highest BCUT2D eigenvalue weighted by Crippen LogP contribution is 2.41. The molecule has 46 heavy (non-hydrogen) atoms. The molecule has 3 amide bonds. The largest absolute Gasteiger partial charge is 0.427 e. The molecule has 2 aliphatic heterocycles. The standard InChI is InChI=1S/C32H56N2O9SSi2/c1-12-45(13-2,14-3)33-19-23(18-24(33)35)44-30(39)21(7)26-25(22(8)43-46(15-4,16-5)17-6)27(36)34(26)28(37)29(38)41-20-42-31(40)32(9,10)11/h21-23,25-26H,12-20H2,1-11H3/t21-,22-,23-,25-,26-/m1/s1. The molecule has 262 valence electrons. The van der Waals surface area contributed by atoms with Gasteiger partial charge in [-0.15, -0.1) is 0 Å². The Morgan fingerprint density at radius 2 is 1.43 bits per heavy atom. The van der Waals surface area contributed by atoms with Crippen LogP contribution in [0.15, 0.2) is 0 Å². The summed E-state index contributed by atoms with van der Waals surface area (Å²) >= 11 is 1.10. The van der Waals surface area contributed by atoms with Gasteiger partial charge < -0.3 is 18.5 Å². The second-order valence-corrected chi connectivity index (χ2v) is 24.8. The molecule has 0 aromatic rings. The lowest BCUT2D eigenvalue weighted by molar-refractivity contribution is -0.188. The maximum Gasteiger partial charge on any atom is 0.400 e. The van der Waals surface area contributed by atoms with Crippen LogP contribution in [-0.4, -0.2) is 91.5 Å². The number of imide groups is 1. The number of carbonyl (C=O) groups is 6. The molecular formula is C32H56N2O9SSi2. The summed E-state index contributed by atoms with van der Waals surface area (Å²) in [6.45, 7) is 20.7. The van der Waals surface area contributed by atoms with Crippen LogP contribution in [0.2, 0.25) is 36.3 Å². The maximum absolute atomic E-state index is 13.8.